The van der Waals surface area contributed by atoms with Crippen molar-refractivity contribution in [2.24, 2.45) is 5.92 Å². The molecule has 6 heteroatoms. The van der Waals surface area contributed by atoms with Gasteiger partial charge in [0.05, 0.1) is 5.56 Å². The third kappa shape index (κ3) is 5.07. The first-order valence-electron chi connectivity index (χ1n) is 11.6. The first kappa shape index (κ1) is 22.2. The van der Waals surface area contributed by atoms with Crippen LogP contribution in [0.25, 0.3) is 10.8 Å². The number of piperazine rings is 1. The number of carbonyl (C=O) groups excluding carboxylic acids is 1. The van der Waals surface area contributed by atoms with E-state index in [1.165, 1.54) is 0 Å². The molecule has 168 valence electrons. The number of benzene rings is 1. The molecule has 0 saturated carbocycles. The largest absolute Gasteiger partial charge is 0.336 e. The van der Waals surface area contributed by atoms with Gasteiger partial charge in [0, 0.05) is 74.5 Å². The molecule has 32 heavy (non-hydrogen) atoms. The maximum absolute atomic E-state index is 13.5. The smallest absolute Gasteiger partial charge is 0.258 e. The highest BCUT2D eigenvalue weighted by Gasteiger charge is 2.24. The summed E-state index contributed by atoms with van der Waals surface area (Å²) in [6, 6.07) is 13.5. The van der Waals surface area contributed by atoms with Crippen LogP contribution in [0.3, 0.4) is 0 Å². The maximum atomic E-state index is 13.5. The van der Waals surface area contributed by atoms with Crippen LogP contribution in [0.5, 0.6) is 0 Å². The predicted molar refractivity (Wildman–Crippen MR) is 128 cm³/mol. The van der Waals surface area contributed by atoms with Gasteiger partial charge < -0.3 is 9.47 Å². The van der Waals surface area contributed by atoms with Crippen molar-refractivity contribution >= 4 is 16.7 Å². The van der Waals surface area contributed by atoms with Crippen molar-refractivity contribution in [3.05, 3.63) is 76.5 Å². The van der Waals surface area contributed by atoms with E-state index in [-0.39, 0.29) is 11.5 Å². The second kappa shape index (κ2) is 10.1. The Morgan fingerprint density at radius 1 is 0.969 bits per heavy atom. The van der Waals surface area contributed by atoms with Crippen molar-refractivity contribution in [2.45, 2.75) is 33.2 Å². The molecule has 1 aliphatic heterocycles. The van der Waals surface area contributed by atoms with Crippen molar-refractivity contribution in [1.29, 1.82) is 0 Å². The van der Waals surface area contributed by atoms with E-state index >= 15 is 0 Å². The summed E-state index contributed by atoms with van der Waals surface area (Å²) in [6.45, 7) is 8.95. The lowest BCUT2D eigenvalue weighted by molar-refractivity contribution is 0.0639. The number of carbonyl (C=O) groups is 1. The summed E-state index contributed by atoms with van der Waals surface area (Å²) in [5.41, 5.74) is 1.71. The highest BCUT2D eigenvalue weighted by Crippen LogP contribution is 2.19. The lowest BCUT2D eigenvalue weighted by Crippen LogP contribution is -2.49. The number of nitrogens with zero attached hydrogens (tertiary/aromatic N) is 4. The average molecular weight is 433 g/mol. The van der Waals surface area contributed by atoms with Crippen molar-refractivity contribution in [2.75, 3.05) is 32.7 Å². The molecule has 3 heterocycles. The van der Waals surface area contributed by atoms with E-state index in [9.17, 15) is 9.59 Å². The van der Waals surface area contributed by atoms with Crippen LogP contribution in [0, 0.1) is 5.92 Å². The van der Waals surface area contributed by atoms with Crippen LogP contribution >= 0.6 is 0 Å². The molecular weight excluding hydrogens is 400 g/mol. The topological polar surface area (TPSA) is 58.4 Å². The Balaban J connectivity index is 1.47. The third-order valence-corrected chi connectivity index (χ3v) is 6.24. The number of aryl methyl sites for hydroxylation is 1. The van der Waals surface area contributed by atoms with Crippen LogP contribution in [0.4, 0.5) is 0 Å². The molecule has 4 rings (SSSR count). The van der Waals surface area contributed by atoms with Gasteiger partial charge in [-0.2, -0.15) is 0 Å². The minimum Gasteiger partial charge on any atom is -0.336 e. The van der Waals surface area contributed by atoms with Crippen LogP contribution in [-0.2, 0) is 13.0 Å². The number of rotatable bonds is 7. The normalized spacial score (nSPS) is 14.9. The monoisotopic (exact) mass is 432 g/mol. The molecule has 0 radical (unpaired) electrons. The number of fused-ring (bicyclic) bond motifs is 1. The van der Waals surface area contributed by atoms with Crippen molar-refractivity contribution in [1.82, 2.24) is 19.4 Å². The van der Waals surface area contributed by atoms with Gasteiger partial charge in [0.15, 0.2) is 0 Å². The quantitative estimate of drug-likeness (QED) is 0.574. The van der Waals surface area contributed by atoms with E-state index in [0.717, 1.165) is 43.6 Å². The molecule has 0 spiro atoms. The fraction of sp³-hybridized carbons (Fsp3) is 0.423. The molecule has 0 atom stereocenters. The zero-order chi connectivity index (χ0) is 22.5. The van der Waals surface area contributed by atoms with Gasteiger partial charge in [-0.3, -0.25) is 19.5 Å². The molecule has 1 amide bonds. The minimum absolute atomic E-state index is 0.0165. The summed E-state index contributed by atoms with van der Waals surface area (Å²) in [5.74, 6) is 0.510. The summed E-state index contributed by atoms with van der Waals surface area (Å²) in [6.07, 6.45) is 5.43. The molecule has 0 bridgehead atoms. The summed E-state index contributed by atoms with van der Waals surface area (Å²) in [4.78, 5) is 35.1. The van der Waals surface area contributed by atoms with E-state index in [0.29, 0.717) is 36.5 Å². The molecule has 0 aliphatic carbocycles. The lowest BCUT2D eigenvalue weighted by atomic mass is 10.1. The van der Waals surface area contributed by atoms with Gasteiger partial charge in [-0.25, -0.2) is 0 Å². The van der Waals surface area contributed by atoms with Crippen molar-refractivity contribution in [3.8, 4) is 0 Å². The number of amides is 1. The Labute approximate surface area is 189 Å². The SMILES string of the molecule is CC(C)CCn1cc(C(=O)N2CCN(CCc3ccccn3)CC2)c2ccccc2c1=O. The van der Waals surface area contributed by atoms with Crippen LogP contribution < -0.4 is 5.56 Å². The Hall–Kier alpha value is -2.99. The van der Waals surface area contributed by atoms with E-state index in [1.807, 2.05) is 47.5 Å². The van der Waals surface area contributed by atoms with Gasteiger partial charge in [-0.15, -0.1) is 0 Å². The van der Waals surface area contributed by atoms with Gasteiger partial charge in [0.25, 0.3) is 11.5 Å². The number of pyridine rings is 2. The highest BCUT2D eigenvalue weighted by molar-refractivity contribution is 6.06. The summed E-state index contributed by atoms with van der Waals surface area (Å²) in [5, 5.41) is 1.37. The standard InChI is InChI=1S/C26H32N4O2/c1-20(2)10-14-30-19-24(22-8-3-4-9-23(22)25(30)31)26(32)29-17-15-28(16-18-29)13-11-21-7-5-6-12-27-21/h3-9,12,19-20H,10-11,13-18H2,1-2H3. The Bertz CT molecular complexity index is 1120. The van der Waals surface area contributed by atoms with Gasteiger partial charge >= 0.3 is 0 Å². The number of hydrogen-bond acceptors (Lipinski definition) is 4. The first-order chi connectivity index (χ1) is 15.5. The van der Waals surface area contributed by atoms with Gasteiger partial charge in [-0.05, 0) is 30.5 Å². The Morgan fingerprint density at radius 2 is 1.69 bits per heavy atom. The number of aromatic nitrogens is 2. The molecular formula is C26H32N4O2. The van der Waals surface area contributed by atoms with Crippen molar-refractivity contribution in [3.63, 3.8) is 0 Å². The molecule has 0 N–H and O–H groups in total. The molecule has 2 aromatic heterocycles. The molecule has 0 unspecified atom stereocenters. The maximum Gasteiger partial charge on any atom is 0.258 e. The molecule has 1 fully saturated rings. The fourth-order valence-electron chi connectivity index (χ4n) is 4.24. The van der Waals surface area contributed by atoms with E-state index in [4.69, 9.17) is 0 Å². The van der Waals surface area contributed by atoms with Gasteiger partial charge in [0.2, 0.25) is 0 Å². The van der Waals surface area contributed by atoms with Crippen LogP contribution in [0.2, 0.25) is 0 Å². The third-order valence-electron chi connectivity index (χ3n) is 6.24. The Kier molecular flexibility index (Phi) is 7.00. The van der Waals surface area contributed by atoms with Crippen molar-refractivity contribution < 1.29 is 4.79 Å². The lowest BCUT2D eigenvalue weighted by Gasteiger charge is -2.35. The van der Waals surface area contributed by atoms with Gasteiger partial charge in [-0.1, -0.05) is 38.1 Å². The highest BCUT2D eigenvalue weighted by atomic mass is 16.2. The summed E-state index contributed by atoms with van der Waals surface area (Å²) in [7, 11) is 0. The molecule has 1 saturated heterocycles. The molecule has 1 aromatic carbocycles. The summed E-state index contributed by atoms with van der Waals surface area (Å²) >= 11 is 0. The second-order valence-electron chi connectivity index (χ2n) is 8.97. The molecule has 3 aromatic rings. The number of hydrogen-bond donors (Lipinski definition) is 0. The van der Waals surface area contributed by atoms with E-state index in [2.05, 4.69) is 29.8 Å². The van der Waals surface area contributed by atoms with Crippen LogP contribution in [0.15, 0.2) is 59.7 Å². The zero-order valence-electron chi connectivity index (χ0n) is 19.0. The van der Waals surface area contributed by atoms with E-state index in [1.54, 1.807) is 10.8 Å². The van der Waals surface area contributed by atoms with Gasteiger partial charge in [0.1, 0.15) is 0 Å². The van der Waals surface area contributed by atoms with Crippen LogP contribution in [-0.4, -0.2) is 58.0 Å². The zero-order valence-corrected chi connectivity index (χ0v) is 19.0. The molecule has 6 nitrogen and oxygen atoms in total. The minimum atomic E-state index is -0.0165. The first-order valence-corrected chi connectivity index (χ1v) is 11.6. The fourth-order valence-corrected chi connectivity index (χ4v) is 4.24. The van der Waals surface area contributed by atoms with E-state index < -0.39 is 0 Å². The second-order valence-corrected chi connectivity index (χ2v) is 8.97. The molecule has 1 aliphatic rings. The van der Waals surface area contributed by atoms with Crippen LogP contribution in [0.1, 0.15) is 36.3 Å². The summed E-state index contributed by atoms with van der Waals surface area (Å²) < 4.78 is 1.72. The predicted octanol–water partition coefficient (Wildman–Crippen LogP) is 3.44. The average Bonchev–Trinajstić information content (AvgIpc) is 2.83. The Morgan fingerprint density at radius 3 is 2.38 bits per heavy atom.